The minimum atomic E-state index is -0.559. The maximum absolute atomic E-state index is 13.1. The van der Waals surface area contributed by atoms with E-state index in [0.717, 1.165) is 6.42 Å². The van der Waals surface area contributed by atoms with Crippen LogP contribution < -0.4 is 11.1 Å². The minimum absolute atomic E-state index is 0.0934. The lowest BCUT2D eigenvalue weighted by Crippen LogP contribution is -2.28. The van der Waals surface area contributed by atoms with Crippen LogP contribution in [0.25, 0.3) is 0 Å². The molecule has 1 aromatic rings. The number of anilines is 1. The summed E-state index contributed by atoms with van der Waals surface area (Å²) < 4.78 is 13.1. The highest BCUT2D eigenvalue weighted by atomic mass is 19.1. The third-order valence-corrected chi connectivity index (χ3v) is 2.61. The van der Waals surface area contributed by atoms with Crippen LogP contribution in [0.15, 0.2) is 18.2 Å². The van der Waals surface area contributed by atoms with E-state index in [2.05, 4.69) is 5.32 Å². The summed E-state index contributed by atoms with van der Waals surface area (Å²) in [5, 5.41) is 2.73. The summed E-state index contributed by atoms with van der Waals surface area (Å²) in [5.74, 6) is -0.479. The SMILES string of the molecule is CCC(C)CNC(=O)c1cccc(F)c1N. The van der Waals surface area contributed by atoms with Crippen molar-refractivity contribution in [2.45, 2.75) is 20.3 Å². The third-order valence-electron chi connectivity index (χ3n) is 2.61. The largest absolute Gasteiger partial charge is 0.396 e. The predicted octanol–water partition coefficient (Wildman–Crippen LogP) is 2.18. The van der Waals surface area contributed by atoms with Gasteiger partial charge in [-0.05, 0) is 18.1 Å². The molecular formula is C12H17FN2O. The molecule has 1 rings (SSSR count). The second kappa shape index (κ2) is 5.49. The Hall–Kier alpha value is -1.58. The van der Waals surface area contributed by atoms with Gasteiger partial charge in [-0.2, -0.15) is 0 Å². The summed E-state index contributed by atoms with van der Waals surface area (Å²) in [7, 11) is 0. The fourth-order valence-electron chi connectivity index (χ4n) is 1.24. The first kappa shape index (κ1) is 12.5. The lowest BCUT2D eigenvalue weighted by molar-refractivity contribution is 0.0948. The van der Waals surface area contributed by atoms with Crippen molar-refractivity contribution in [2.24, 2.45) is 5.92 Å². The van der Waals surface area contributed by atoms with E-state index in [9.17, 15) is 9.18 Å². The van der Waals surface area contributed by atoms with Crippen LogP contribution in [-0.2, 0) is 0 Å². The number of nitrogen functional groups attached to an aromatic ring is 1. The zero-order valence-electron chi connectivity index (χ0n) is 9.59. The molecule has 3 N–H and O–H groups in total. The maximum Gasteiger partial charge on any atom is 0.253 e. The Morgan fingerprint density at radius 1 is 1.56 bits per heavy atom. The fourth-order valence-corrected chi connectivity index (χ4v) is 1.24. The van der Waals surface area contributed by atoms with Crippen molar-refractivity contribution in [1.82, 2.24) is 5.32 Å². The number of halogens is 1. The number of amides is 1. The van der Waals surface area contributed by atoms with Crippen molar-refractivity contribution in [2.75, 3.05) is 12.3 Å². The molecule has 4 heteroatoms. The molecule has 0 saturated carbocycles. The summed E-state index contributed by atoms with van der Waals surface area (Å²) in [6.45, 7) is 4.66. The quantitative estimate of drug-likeness (QED) is 0.770. The molecule has 0 aliphatic heterocycles. The molecule has 0 aliphatic carbocycles. The number of carbonyl (C=O) groups is 1. The van der Waals surface area contributed by atoms with E-state index in [1.54, 1.807) is 0 Å². The normalized spacial score (nSPS) is 12.2. The molecule has 1 amide bonds. The molecule has 1 atom stereocenters. The van der Waals surface area contributed by atoms with Gasteiger partial charge in [0.05, 0.1) is 11.3 Å². The van der Waals surface area contributed by atoms with Crippen molar-refractivity contribution in [1.29, 1.82) is 0 Å². The van der Waals surface area contributed by atoms with E-state index in [1.165, 1.54) is 18.2 Å². The summed E-state index contributed by atoms with van der Waals surface area (Å²) in [6.07, 6.45) is 0.985. The van der Waals surface area contributed by atoms with Gasteiger partial charge in [-0.15, -0.1) is 0 Å². The van der Waals surface area contributed by atoms with E-state index in [-0.39, 0.29) is 17.2 Å². The van der Waals surface area contributed by atoms with Crippen LogP contribution in [0, 0.1) is 11.7 Å². The second-order valence-electron chi connectivity index (χ2n) is 3.92. The summed E-state index contributed by atoms with van der Waals surface area (Å²) in [4.78, 5) is 11.7. The summed E-state index contributed by atoms with van der Waals surface area (Å²) in [6, 6.07) is 4.23. The van der Waals surface area contributed by atoms with Crippen molar-refractivity contribution < 1.29 is 9.18 Å². The highest BCUT2D eigenvalue weighted by Crippen LogP contribution is 2.15. The van der Waals surface area contributed by atoms with Crippen LogP contribution in [0.5, 0.6) is 0 Å². The molecule has 0 aliphatic rings. The van der Waals surface area contributed by atoms with Crippen LogP contribution in [0.1, 0.15) is 30.6 Å². The smallest absolute Gasteiger partial charge is 0.253 e. The molecule has 16 heavy (non-hydrogen) atoms. The minimum Gasteiger partial charge on any atom is -0.396 e. The Kier molecular flexibility index (Phi) is 4.28. The molecule has 3 nitrogen and oxygen atoms in total. The number of hydrogen-bond donors (Lipinski definition) is 2. The van der Waals surface area contributed by atoms with E-state index < -0.39 is 5.82 Å². The van der Waals surface area contributed by atoms with Crippen LogP contribution in [0.4, 0.5) is 10.1 Å². The number of rotatable bonds is 4. The van der Waals surface area contributed by atoms with Gasteiger partial charge in [0.25, 0.3) is 5.91 Å². The zero-order valence-corrected chi connectivity index (χ0v) is 9.59. The highest BCUT2D eigenvalue weighted by molar-refractivity contribution is 5.99. The molecule has 88 valence electrons. The molecule has 1 aromatic carbocycles. The molecular weight excluding hydrogens is 207 g/mol. The van der Waals surface area contributed by atoms with Gasteiger partial charge in [-0.1, -0.05) is 26.3 Å². The van der Waals surface area contributed by atoms with Gasteiger partial charge in [0, 0.05) is 6.54 Å². The Balaban J connectivity index is 2.70. The van der Waals surface area contributed by atoms with Gasteiger partial charge in [0.1, 0.15) is 5.82 Å². The van der Waals surface area contributed by atoms with Crippen molar-refractivity contribution in [3.63, 3.8) is 0 Å². The number of nitrogens with one attached hydrogen (secondary N) is 1. The Bertz CT molecular complexity index is 379. The average molecular weight is 224 g/mol. The van der Waals surface area contributed by atoms with Gasteiger partial charge < -0.3 is 11.1 Å². The van der Waals surface area contributed by atoms with Crippen molar-refractivity contribution in [3.05, 3.63) is 29.6 Å². The monoisotopic (exact) mass is 224 g/mol. The lowest BCUT2D eigenvalue weighted by Gasteiger charge is -2.11. The molecule has 0 bridgehead atoms. The van der Waals surface area contributed by atoms with Gasteiger partial charge in [0.15, 0.2) is 0 Å². The Labute approximate surface area is 94.8 Å². The molecule has 0 spiro atoms. The van der Waals surface area contributed by atoms with E-state index in [4.69, 9.17) is 5.73 Å². The molecule has 0 fully saturated rings. The van der Waals surface area contributed by atoms with Crippen LogP contribution >= 0.6 is 0 Å². The first-order valence-electron chi connectivity index (χ1n) is 5.38. The first-order valence-corrected chi connectivity index (χ1v) is 5.38. The highest BCUT2D eigenvalue weighted by Gasteiger charge is 2.12. The van der Waals surface area contributed by atoms with E-state index in [1.807, 2.05) is 13.8 Å². The number of carbonyl (C=O) groups excluding carboxylic acids is 1. The second-order valence-corrected chi connectivity index (χ2v) is 3.92. The predicted molar refractivity (Wildman–Crippen MR) is 62.6 cm³/mol. The molecule has 0 aromatic heterocycles. The number of hydrogen-bond acceptors (Lipinski definition) is 2. The van der Waals surface area contributed by atoms with Crippen LogP contribution in [-0.4, -0.2) is 12.5 Å². The van der Waals surface area contributed by atoms with Gasteiger partial charge in [0.2, 0.25) is 0 Å². The zero-order chi connectivity index (χ0) is 12.1. The standard InChI is InChI=1S/C12H17FN2O/c1-3-8(2)7-15-12(16)9-5-4-6-10(13)11(9)14/h4-6,8H,3,7,14H2,1-2H3,(H,15,16). The molecule has 0 radical (unpaired) electrons. The Morgan fingerprint density at radius 3 is 2.88 bits per heavy atom. The fraction of sp³-hybridized carbons (Fsp3) is 0.417. The third kappa shape index (κ3) is 2.95. The topological polar surface area (TPSA) is 55.1 Å². The van der Waals surface area contributed by atoms with Gasteiger partial charge in [-0.3, -0.25) is 4.79 Å². The Morgan fingerprint density at radius 2 is 2.25 bits per heavy atom. The van der Waals surface area contributed by atoms with Crippen LogP contribution in [0.3, 0.4) is 0 Å². The van der Waals surface area contributed by atoms with Crippen molar-refractivity contribution in [3.8, 4) is 0 Å². The number of para-hydroxylation sites is 1. The van der Waals surface area contributed by atoms with Crippen LogP contribution in [0.2, 0.25) is 0 Å². The number of nitrogens with two attached hydrogens (primary N) is 1. The van der Waals surface area contributed by atoms with Gasteiger partial charge in [-0.25, -0.2) is 4.39 Å². The average Bonchev–Trinajstić information content (AvgIpc) is 2.29. The lowest BCUT2D eigenvalue weighted by atomic mass is 10.1. The molecule has 0 heterocycles. The van der Waals surface area contributed by atoms with E-state index in [0.29, 0.717) is 12.5 Å². The number of benzene rings is 1. The maximum atomic E-state index is 13.1. The molecule has 1 unspecified atom stereocenters. The summed E-state index contributed by atoms with van der Waals surface area (Å²) in [5.41, 5.74) is 5.59. The molecule has 0 saturated heterocycles. The van der Waals surface area contributed by atoms with E-state index >= 15 is 0 Å². The summed E-state index contributed by atoms with van der Waals surface area (Å²) >= 11 is 0. The van der Waals surface area contributed by atoms with Gasteiger partial charge >= 0.3 is 0 Å². The van der Waals surface area contributed by atoms with Crippen molar-refractivity contribution >= 4 is 11.6 Å². The first-order chi connectivity index (χ1) is 7.56.